The minimum Gasteiger partial charge on any atom is -0.481 e. The molecule has 0 spiro atoms. The molecule has 4 atom stereocenters. The molecule has 16 heteroatoms. The van der Waals surface area contributed by atoms with Crippen LogP contribution in [-0.4, -0.2) is 101 Å². The average molecular weight is 721 g/mol. The van der Waals surface area contributed by atoms with Gasteiger partial charge in [0.2, 0.25) is 5.91 Å². The van der Waals surface area contributed by atoms with Crippen molar-refractivity contribution in [2.75, 3.05) is 19.8 Å². The first kappa shape index (κ1) is 46.8. The molecule has 4 amide bonds. The zero-order valence-corrected chi connectivity index (χ0v) is 32.4. The van der Waals surface area contributed by atoms with Crippen molar-refractivity contribution in [3.05, 3.63) is 0 Å². The number of nitrogens with two attached hydrogens (primary N) is 1. The van der Waals surface area contributed by atoms with Crippen LogP contribution < -0.4 is 16.4 Å². The molecule has 0 fully saturated rings. The maximum absolute atomic E-state index is 13.6. The second kappa shape index (κ2) is 20.6. The summed E-state index contributed by atoms with van der Waals surface area (Å²) in [4.78, 5) is 64.6. The van der Waals surface area contributed by atoms with Gasteiger partial charge in [0, 0.05) is 0 Å². The van der Waals surface area contributed by atoms with E-state index in [9.17, 15) is 29.1 Å². The quantitative estimate of drug-likeness (QED) is 0.0763. The van der Waals surface area contributed by atoms with Crippen molar-refractivity contribution in [1.29, 1.82) is 0 Å². The first-order valence-corrected chi connectivity index (χ1v) is 17.2. The fourth-order valence-corrected chi connectivity index (χ4v) is 4.17. The fraction of sp³-hybridized carbons (Fsp3) is 0.853. The Morgan fingerprint density at radius 2 is 1.06 bits per heavy atom. The summed E-state index contributed by atoms with van der Waals surface area (Å²) in [5.74, 6) is -3.90. The Kier molecular flexibility index (Phi) is 19.3. The van der Waals surface area contributed by atoms with Crippen LogP contribution in [0.25, 0.3) is 0 Å². The molecule has 292 valence electrons. The molecular formula is C34H64N4O12. The van der Waals surface area contributed by atoms with Gasteiger partial charge in [-0.1, -0.05) is 34.1 Å². The SMILES string of the molecule is CCCC(C(=O)O)C(=O)N(C(=O)OC(C)(C)C)C(CC)OCC(N)(COC(CC)NC(=O)OC(C)(C)C)COC(CC)NC(=O)OC(C)(C)C. The van der Waals surface area contributed by atoms with Crippen molar-refractivity contribution in [3.63, 3.8) is 0 Å². The summed E-state index contributed by atoms with van der Waals surface area (Å²) in [7, 11) is 0. The largest absolute Gasteiger partial charge is 0.481 e. The van der Waals surface area contributed by atoms with Crippen LogP contribution in [0.15, 0.2) is 0 Å². The lowest BCUT2D eigenvalue weighted by atomic mass is 10.0. The Hall–Kier alpha value is -3.21. The summed E-state index contributed by atoms with van der Waals surface area (Å²) in [6, 6.07) is 0. The molecule has 0 heterocycles. The predicted molar refractivity (Wildman–Crippen MR) is 185 cm³/mol. The summed E-state index contributed by atoms with van der Waals surface area (Å²) in [5, 5.41) is 15.1. The number of alkyl carbamates (subject to hydrolysis) is 2. The van der Waals surface area contributed by atoms with Gasteiger partial charge in [0.25, 0.3) is 0 Å². The van der Waals surface area contributed by atoms with Gasteiger partial charge < -0.3 is 39.3 Å². The number of nitrogens with zero attached hydrogens (tertiary/aromatic N) is 1. The number of nitrogens with one attached hydrogen (secondary N) is 2. The first-order chi connectivity index (χ1) is 22.8. The number of amides is 4. The van der Waals surface area contributed by atoms with Crippen molar-refractivity contribution < 1.29 is 57.5 Å². The maximum atomic E-state index is 13.6. The van der Waals surface area contributed by atoms with E-state index in [0.717, 1.165) is 0 Å². The summed E-state index contributed by atoms with van der Waals surface area (Å²) in [5.41, 5.74) is 2.80. The van der Waals surface area contributed by atoms with Crippen molar-refractivity contribution in [3.8, 4) is 0 Å². The van der Waals surface area contributed by atoms with E-state index in [0.29, 0.717) is 24.2 Å². The Morgan fingerprint density at radius 3 is 1.38 bits per heavy atom. The van der Waals surface area contributed by atoms with Crippen LogP contribution in [0.5, 0.6) is 0 Å². The minimum atomic E-state index is -1.52. The molecule has 0 aromatic heterocycles. The molecule has 0 radical (unpaired) electrons. The predicted octanol–water partition coefficient (Wildman–Crippen LogP) is 5.26. The number of aliphatic carboxylic acids is 1. The van der Waals surface area contributed by atoms with E-state index in [2.05, 4.69) is 10.6 Å². The molecule has 16 nitrogen and oxygen atoms in total. The smallest absolute Gasteiger partial charge is 0.419 e. The third kappa shape index (κ3) is 19.3. The monoisotopic (exact) mass is 720 g/mol. The zero-order valence-electron chi connectivity index (χ0n) is 32.4. The van der Waals surface area contributed by atoms with Gasteiger partial charge in [-0.15, -0.1) is 0 Å². The zero-order chi connectivity index (χ0) is 39.1. The summed E-state index contributed by atoms with van der Waals surface area (Å²) in [6.07, 6.45) is -4.36. The molecule has 0 aliphatic carbocycles. The van der Waals surface area contributed by atoms with Crippen LogP contribution in [0.2, 0.25) is 0 Å². The highest BCUT2D eigenvalue weighted by atomic mass is 16.6. The normalized spacial score (nSPS) is 15.8. The van der Waals surface area contributed by atoms with E-state index in [4.69, 9.17) is 34.2 Å². The van der Waals surface area contributed by atoms with Gasteiger partial charge in [-0.2, -0.15) is 0 Å². The highest BCUT2D eigenvalue weighted by Gasteiger charge is 2.41. The van der Waals surface area contributed by atoms with Gasteiger partial charge in [-0.3, -0.25) is 20.2 Å². The number of carboxylic acids is 1. The van der Waals surface area contributed by atoms with E-state index in [1.165, 1.54) is 0 Å². The maximum Gasteiger partial charge on any atom is 0.419 e. The number of carbonyl (C=O) groups excluding carboxylic acids is 4. The molecule has 0 aromatic carbocycles. The topological polar surface area (TPSA) is 214 Å². The third-order valence-corrected chi connectivity index (χ3v) is 6.44. The number of carboxylic acid groups (broad SMARTS) is 1. The summed E-state index contributed by atoms with van der Waals surface area (Å²) < 4.78 is 34.2. The van der Waals surface area contributed by atoms with Crippen LogP contribution in [0, 0.1) is 5.92 Å². The lowest BCUT2D eigenvalue weighted by molar-refractivity contribution is -0.161. The van der Waals surface area contributed by atoms with E-state index in [1.807, 2.05) is 0 Å². The van der Waals surface area contributed by atoms with Crippen LogP contribution in [0.4, 0.5) is 14.4 Å². The van der Waals surface area contributed by atoms with Crippen LogP contribution in [0.1, 0.15) is 122 Å². The molecular weight excluding hydrogens is 656 g/mol. The standard InChI is InChI=1S/C34H64N4O12/c1-14-18-22(27(40)41)26(39)38(30(44)50-33(11,12)13)25(17-4)47-21-34(35,19-45-23(15-2)36-28(42)48-31(5,6)7)20-46-24(16-3)37-29(43)49-32(8,9)10/h22-25H,14-21,35H2,1-13H3,(H,36,42)(H,37,43)(H,40,41). The third-order valence-electron chi connectivity index (χ3n) is 6.44. The van der Waals surface area contributed by atoms with Crippen LogP contribution in [-0.2, 0) is 38.0 Å². The van der Waals surface area contributed by atoms with Crippen molar-refractivity contribution in [2.24, 2.45) is 11.7 Å². The molecule has 0 saturated carbocycles. The number of imide groups is 1. The van der Waals surface area contributed by atoms with E-state index in [-0.39, 0.29) is 32.7 Å². The van der Waals surface area contributed by atoms with Gasteiger partial charge in [-0.05, 0) is 88.0 Å². The molecule has 50 heavy (non-hydrogen) atoms. The number of ether oxygens (including phenoxy) is 6. The Balaban J connectivity index is 6.42. The lowest BCUT2D eigenvalue weighted by Gasteiger charge is -2.37. The van der Waals surface area contributed by atoms with Crippen molar-refractivity contribution in [2.45, 2.75) is 163 Å². The number of hydrogen-bond donors (Lipinski definition) is 4. The first-order valence-electron chi connectivity index (χ1n) is 17.2. The fourth-order valence-electron chi connectivity index (χ4n) is 4.17. The summed E-state index contributed by atoms with van der Waals surface area (Å²) >= 11 is 0. The minimum absolute atomic E-state index is 0.0154. The van der Waals surface area contributed by atoms with E-state index < -0.39 is 77.1 Å². The van der Waals surface area contributed by atoms with Gasteiger partial charge >= 0.3 is 24.2 Å². The molecule has 5 N–H and O–H groups in total. The van der Waals surface area contributed by atoms with E-state index >= 15 is 0 Å². The number of carbonyl (C=O) groups is 5. The van der Waals surface area contributed by atoms with Crippen LogP contribution in [0.3, 0.4) is 0 Å². The highest BCUT2D eigenvalue weighted by Crippen LogP contribution is 2.22. The second-order valence-electron chi connectivity index (χ2n) is 15.1. The molecule has 0 rings (SSSR count). The second-order valence-corrected chi connectivity index (χ2v) is 15.1. The van der Waals surface area contributed by atoms with Gasteiger partial charge in [0.15, 0.2) is 0 Å². The van der Waals surface area contributed by atoms with Gasteiger partial charge in [-0.25, -0.2) is 19.3 Å². The number of rotatable bonds is 19. The molecule has 0 aliphatic heterocycles. The Morgan fingerprint density at radius 1 is 0.660 bits per heavy atom. The lowest BCUT2D eigenvalue weighted by Crippen LogP contribution is -2.58. The Labute approximate surface area is 297 Å². The molecule has 0 bridgehead atoms. The average Bonchev–Trinajstić information content (AvgIpc) is 2.94. The molecule has 0 aromatic rings. The Bertz CT molecular complexity index is 1060. The summed E-state index contributed by atoms with van der Waals surface area (Å²) in [6.45, 7) is 21.2. The van der Waals surface area contributed by atoms with Crippen molar-refractivity contribution in [1.82, 2.24) is 15.5 Å². The molecule has 0 saturated heterocycles. The van der Waals surface area contributed by atoms with Gasteiger partial charge in [0.1, 0.15) is 41.4 Å². The van der Waals surface area contributed by atoms with Crippen LogP contribution >= 0.6 is 0 Å². The highest BCUT2D eigenvalue weighted by molar-refractivity contribution is 6.03. The van der Waals surface area contributed by atoms with E-state index in [1.54, 1.807) is 90.0 Å². The number of hydrogen-bond acceptors (Lipinski definition) is 12. The molecule has 0 aliphatic rings. The van der Waals surface area contributed by atoms with Crippen molar-refractivity contribution >= 4 is 30.2 Å². The van der Waals surface area contributed by atoms with Gasteiger partial charge in [0.05, 0.1) is 25.4 Å². The molecule has 4 unspecified atom stereocenters.